The zero-order valence-corrected chi connectivity index (χ0v) is 12.8. The largest absolute Gasteiger partial charge is 0.338 e. The molecule has 0 radical (unpaired) electrons. The lowest BCUT2D eigenvalue weighted by Gasteiger charge is -2.22. The summed E-state index contributed by atoms with van der Waals surface area (Å²) in [5.74, 6) is 1.40. The lowest BCUT2D eigenvalue weighted by atomic mass is 9.91. The van der Waals surface area contributed by atoms with Crippen molar-refractivity contribution in [3.63, 3.8) is 0 Å². The first-order valence-corrected chi connectivity index (χ1v) is 7.57. The van der Waals surface area contributed by atoms with Crippen LogP contribution in [0.2, 0.25) is 0 Å². The van der Waals surface area contributed by atoms with Crippen LogP contribution in [0.1, 0.15) is 51.5 Å². The monoisotopic (exact) mass is 274 g/mol. The lowest BCUT2D eigenvalue weighted by molar-refractivity contribution is 0.231. The van der Waals surface area contributed by atoms with Crippen molar-refractivity contribution in [3.8, 4) is 0 Å². The molecule has 110 valence electrons. The van der Waals surface area contributed by atoms with Gasteiger partial charge in [0.2, 0.25) is 0 Å². The molecule has 0 aromatic heterocycles. The molecule has 1 fully saturated rings. The molecule has 1 saturated carbocycles. The summed E-state index contributed by atoms with van der Waals surface area (Å²) in [5, 5.41) is 5.90. The van der Waals surface area contributed by atoms with E-state index in [4.69, 9.17) is 0 Å². The number of hydrogen-bond donors (Lipinski definition) is 2. The molecule has 0 saturated heterocycles. The van der Waals surface area contributed by atoms with Crippen LogP contribution in [-0.2, 0) is 0 Å². The highest BCUT2D eigenvalue weighted by molar-refractivity contribution is 5.74. The predicted octanol–water partition coefficient (Wildman–Crippen LogP) is 3.67. The number of carbonyl (C=O) groups is 1. The maximum absolute atomic E-state index is 11.7. The number of rotatable bonds is 5. The van der Waals surface area contributed by atoms with Gasteiger partial charge in [0, 0.05) is 12.1 Å². The molecule has 0 bridgehead atoms. The van der Waals surface area contributed by atoms with Gasteiger partial charge < -0.3 is 10.6 Å². The first-order valence-electron chi connectivity index (χ1n) is 7.57. The van der Waals surface area contributed by atoms with Crippen molar-refractivity contribution in [1.82, 2.24) is 10.6 Å². The van der Waals surface area contributed by atoms with Crippen molar-refractivity contribution < 1.29 is 4.79 Å². The van der Waals surface area contributed by atoms with Crippen LogP contribution in [0.15, 0.2) is 30.3 Å². The molecule has 2 N–H and O–H groups in total. The Morgan fingerprint density at radius 1 is 1.25 bits per heavy atom. The van der Waals surface area contributed by atoms with Gasteiger partial charge in [-0.25, -0.2) is 4.79 Å². The Morgan fingerprint density at radius 2 is 1.90 bits per heavy atom. The summed E-state index contributed by atoms with van der Waals surface area (Å²) in [6, 6.07) is 10.6. The molecular weight excluding hydrogens is 248 g/mol. The smallest absolute Gasteiger partial charge is 0.315 e. The topological polar surface area (TPSA) is 41.1 Å². The highest BCUT2D eigenvalue weighted by Crippen LogP contribution is 2.44. The fourth-order valence-electron chi connectivity index (χ4n) is 2.60. The van der Waals surface area contributed by atoms with Crippen LogP contribution in [0, 0.1) is 5.92 Å². The summed E-state index contributed by atoms with van der Waals surface area (Å²) in [6.07, 6.45) is 3.67. The first-order chi connectivity index (χ1) is 9.46. The third kappa shape index (κ3) is 4.87. The van der Waals surface area contributed by atoms with Gasteiger partial charge in [-0.2, -0.15) is 0 Å². The van der Waals surface area contributed by atoms with Gasteiger partial charge in [0.25, 0.3) is 0 Å². The minimum Gasteiger partial charge on any atom is -0.338 e. The number of hydrogen-bond acceptors (Lipinski definition) is 1. The predicted molar refractivity (Wildman–Crippen MR) is 82.8 cm³/mol. The van der Waals surface area contributed by atoms with E-state index in [1.54, 1.807) is 0 Å². The Labute approximate surface area is 122 Å². The molecule has 1 atom stereocenters. The van der Waals surface area contributed by atoms with Crippen LogP contribution in [-0.4, -0.2) is 18.1 Å². The van der Waals surface area contributed by atoms with Crippen LogP contribution < -0.4 is 10.6 Å². The van der Waals surface area contributed by atoms with Crippen LogP contribution >= 0.6 is 0 Å². The molecule has 3 nitrogen and oxygen atoms in total. The van der Waals surface area contributed by atoms with Crippen LogP contribution in [0.25, 0.3) is 0 Å². The maximum Gasteiger partial charge on any atom is 0.315 e. The number of urea groups is 1. The Hall–Kier alpha value is -1.51. The Morgan fingerprint density at radius 3 is 2.45 bits per heavy atom. The van der Waals surface area contributed by atoms with E-state index in [1.165, 1.54) is 18.4 Å². The maximum atomic E-state index is 11.7. The molecular formula is C17H26N2O. The van der Waals surface area contributed by atoms with Crippen molar-refractivity contribution >= 4 is 6.03 Å². The summed E-state index contributed by atoms with van der Waals surface area (Å²) in [4.78, 5) is 11.7. The van der Waals surface area contributed by atoms with Crippen molar-refractivity contribution in [2.75, 3.05) is 6.54 Å². The van der Waals surface area contributed by atoms with Crippen molar-refractivity contribution in [1.29, 1.82) is 0 Å². The van der Waals surface area contributed by atoms with Crippen LogP contribution in [0.3, 0.4) is 0 Å². The molecule has 1 aliphatic carbocycles. The van der Waals surface area contributed by atoms with Crippen LogP contribution in [0.4, 0.5) is 4.79 Å². The van der Waals surface area contributed by atoms with Gasteiger partial charge in [-0.3, -0.25) is 0 Å². The molecule has 3 heteroatoms. The summed E-state index contributed by atoms with van der Waals surface area (Å²) in [6.45, 7) is 6.70. The SMILES string of the molecule is CC(C)(C)NC(=O)NCCC(c1ccccc1)C1CC1. The van der Waals surface area contributed by atoms with Crippen molar-refractivity contribution in [2.24, 2.45) is 5.92 Å². The van der Waals surface area contributed by atoms with E-state index in [0.717, 1.165) is 18.9 Å². The zero-order valence-electron chi connectivity index (χ0n) is 12.8. The normalized spacial score (nSPS) is 16.6. The summed E-state index contributed by atoms with van der Waals surface area (Å²) < 4.78 is 0. The molecule has 1 aliphatic rings. The second-order valence-electron chi connectivity index (χ2n) is 6.77. The van der Waals surface area contributed by atoms with Gasteiger partial charge in [-0.1, -0.05) is 30.3 Å². The van der Waals surface area contributed by atoms with Crippen LogP contribution in [0.5, 0.6) is 0 Å². The van der Waals surface area contributed by atoms with Gasteiger partial charge in [0.1, 0.15) is 0 Å². The molecule has 0 aliphatic heterocycles. The summed E-state index contributed by atoms with van der Waals surface area (Å²) in [7, 11) is 0. The van der Waals surface area contributed by atoms with Gasteiger partial charge in [0.05, 0.1) is 0 Å². The molecule has 0 spiro atoms. The van der Waals surface area contributed by atoms with E-state index in [1.807, 2.05) is 20.8 Å². The molecule has 0 heterocycles. The second-order valence-corrected chi connectivity index (χ2v) is 6.77. The lowest BCUT2D eigenvalue weighted by Crippen LogP contribution is -2.46. The minimum absolute atomic E-state index is 0.0693. The number of carbonyl (C=O) groups excluding carboxylic acids is 1. The van der Waals surface area contributed by atoms with E-state index in [2.05, 4.69) is 41.0 Å². The Bertz CT molecular complexity index is 432. The average molecular weight is 274 g/mol. The van der Waals surface area contributed by atoms with Gasteiger partial charge >= 0.3 is 6.03 Å². The second kappa shape index (κ2) is 6.29. The summed E-state index contributed by atoms with van der Waals surface area (Å²) >= 11 is 0. The van der Waals surface area contributed by atoms with Crippen molar-refractivity contribution in [2.45, 2.75) is 51.5 Å². The molecule has 1 unspecified atom stereocenters. The van der Waals surface area contributed by atoms with E-state index < -0.39 is 0 Å². The zero-order chi connectivity index (χ0) is 14.6. The molecule has 2 amide bonds. The first kappa shape index (κ1) is 14.9. The van der Waals surface area contributed by atoms with E-state index in [0.29, 0.717) is 5.92 Å². The van der Waals surface area contributed by atoms with E-state index in [-0.39, 0.29) is 11.6 Å². The van der Waals surface area contributed by atoms with E-state index >= 15 is 0 Å². The molecule has 20 heavy (non-hydrogen) atoms. The number of benzene rings is 1. The van der Waals surface area contributed by atoms with Gasteiger partial charge in [0.15, 0.2) is 0 Å². The minimum atomic E-state index is -0.181. The average Bonchev–Trinajstić information content (AvgIpc) is 3.18. The quantitative estimate of drug-likeness (QED) is 0.845. The Balaban J connectivity index is 1.81. The molecule has 1 aromatic rings. The fraction of sp³-hybridized carbons (Fsp3) is 0.588. The molecule has 1 aromatic carbocycles. The third-order valence-electron chi connectivity index (χ3n) is 3.65. The third-order valence-corrected chi connectivity index (χ3v) is 3.65. The summed E-state index contributed by atoms with van der Waals surface area (Å²) in [5.41, 5.74) is 1.23. The Kier molecular flexibility index (Phi) is 4.69. The van der Waals surface area contributed by atoms with Gasteiger partial charge in [-0.05, 0) is 57.4 Å². The molecule has 2 rings (SSSR count). The van der Waals surface area contributed by atoms with Gasteiger partial charge in [-0.15, -0.1) is 0 Å². The standard InChI is InChI=1S/C17H26N2O/c1-17(2,3)19-16(20)18-12-11-15(14-9-10-14)13-7-5-4-6-8-13/h4-8,14-15H,9-12H2,1-3H3,(H2,18,19,20). The number of nitrogens with one attached hydrogen (secondary N) is 2. The van der Waals surface area contributed by atoms with Crippen molar-refractivity contribution in [3.05, 3.63) is 35.9 Å². The van der Waals surface area contributed by atoms with E-state index in [9.17, 15) is 4.79 Å². The number of amides is 2. The highest BCUT2D eigenvalue weighted by atomic mass is 16.2. The highest BCUT2D eigenvalue weighted by Gasteiger charge is 2.31. The fourth-order valence-corrected chi connectivity index (χ4v) is 2.60.